The summed E-state index contributed by atoms with van der Waals surface area (Å²) in [7, 11) is 0. The molecule has 1 aliphatic rings. The Kier molecular flexibility index (Phi) is 6.30. The summed E-state index contributed by atoms with van der Waals surface area (Å²) in [4.78, 5) is 12.3. The van der Waals surface area contributed by atoms with Crippen LogP contribution in [0.2, 0.25) is 0 Å². The Morgan fingerprint density at radius 3 is 2.26 bits per heavy atom. The third-order valence-electron chi connectivity index (χ3n) is 6.31. The van der Waals surface area contributed by atoms with Gasteiger partial charge in [0.25, 0.3) is 0 Å². The molecule has 170 valence electrons. The Labute approximate surface area is 199 Å². The lowest BCUT2D eigenvalue weighted by Crippen LogP contribution is -2.25. The second-order valence-electron chi connectivity index (χ2n) is 8.59. The third-order valence-corrected chi connectivity index (χ3v) is 6.31. The van der Waals surface area contributed by atoms with E-state index in [1.807, 2.05) is 66.7 Å². The number of aromatic hydroxyl groups is 1. The number of esters is 1. The fraction of sp³-hybridized carbons (Fsp3) is 0.167. The number of carbonyl (C=O) groups is 1. The number of phenolic OH excluding ortho intramolecular Hbond substituents is 1. The van der Waals surface area contributed by atoms with Gasteiger partial charge in [0.15, 0.2) is 0 Å². The van der Waals surface area contributed by atoms with E-state index in [0.29, 0.717) is 12.4 Å². The first kappa shape index (κ1) is 21.8. The number of hydrogen-bond acceptors (Lipinski definition) is 4. The van der Waals surface area contributed by atoms with Gasteiger partial charge < -0.3 is 14.6 Å². The average Bonchev–Trinajstić information content (AvgIpc) is 2.88. The van der Waals surface area contributed by atoms with Gasteiger partial charge in [0.2, 0.25) is 0 Å². The summed E-state index contributed by atoms with van der Waals surface area (Å²) in [5.41, 5.74) is 5.29. The highest BCUT2D eigenvalue weighted by Gasteiger charge is 2.33. The first-order chi connectivity index (χ1) is 16.7. The van der Waals surface area contributed by atoms with Crippen molar-refractivity contribution in [2.75, 3.05) is 6.61 Å². The van der Waals surface area contributed by atoms with Crippen molar-refractivity contribution in [3.05, 3.63) is 131 Å². The van der Waals surface area contributed by atoms with Crippen molar-refractivity contribution in [2.24, 2.45) is 0 Å². The lowest BCUT2D eigenvalue weighted by molar-refractivity contribution is -0.144. The largest absolute Gasteiger partial charge is 0.508 e. The van der Waals surface area contributed by atoms with Crippen LogP contribution in [0.1, 0.15) is 39.7 Å². The molecule has 1 heterocycles. The first-order valence-electron chi connectivity index (χ1n) is 11.5. The second kappa shape index (κ2) is 9.84. The zero-order valence-corrected chi connectivity index (χ0v) is 18.8. The summed E-state index contributed by atoms with van der Waals surface area (Å²) in [6.45, 7) is 0.806. The van der Waals surface area contributed by atoms with Crippen LogP contribution in [0.3, 0.4) is 0 Å². The normalized spacial score (nSPS) is 16.8. The molecule has 0 amide bonds. The van der Waals surface area contributed by atoms with Crippen LogP contribution in [0.25, 0.3) is 0 Å². The summed E-state index contributed by atoms with van der Waals surface area (Å²) in [5, 5.41) is 9.94. The van der Waals surface area contributed by atoms with Crippen molar-refractivity contribution < 1.29 is 19.4 Å². The van der Waals surface area contributed by atoms with Gasteiger partial charge in [-0.05, 0) is 28.3 Å². The van der Waals surface area contributed by atoms with E-state index in [-0.39, 0.29) is 36.6 Å². The maximum absolute atomic E-state index is 12.3. The molecule has 0 spiro atoms. The lowest BCUT2D eigenvalue weighted by atomic mass is 9.75. The summed E-state index contributed by atoms with van der Waals surface area (Å²) < 4.78 is 11.5. The van der Waals surface area contributed by atoms with Gasteiger partial charge in [-0.2, -0.15) is 0 Å². The molecule has 0 saturated carbocycles. The molecule has 4 heteroatoms. The van der Waals surface area contributed by atoms with Gasteiger partial charge in [0.1, 0.15) is 18.1 Å². The van der Waals surface area contributed by atoms with Crippen LogP contribution < -0.4 is 4.74 Å². The molecule has 0 fully saturated rings. The summed E-state index contributed by atoms with van der Waals surface area (Å²) in [5.74, 6) is 0.877. The monoisotopic (exact) mass is 450 g/mol. The molecular formula is C30H26O4. The van der Waals surface area contributed by atoms with Crippen LogP contribution in [0.5, 0.6) is 11.5 Å². The number of benzene rings is 4. The number of fused-ring (bicyclic) bond motifs is 1. The van der Waals surface area contributed by atoms with E-state index < -0.39 is 0 Å². The molecule has 0 aromatic heterocycles. The van der Waals surface area contributed by atoms with Gasteiger partial charge >= 0.3 is 5.97 Å². The maximum atomic E-state index is 12.3. The van der Waals surface area contributed by atoms with Crippen molar-refractivity contribution in [1.82, 2.24) is 0 Å². The van der Waals surface area contributed by atoms with Crippen molar-refractivity contribution >= 4 is 5.97 Å². The number of carbonyl (C=O) groups excluding carboxylic acids is 1. The van der Waals surface area contributed by atoms with Crippen molar-refractivity contribution in [1.29, 1.82) is 0 Å². The third kappa shape index (κ3) is 4.81. The van der Waals surface area contributed by atoms with E-state index in [9.17, 15) is 9.90 Å². The Morgan fingerprint density at radius 1 is 0.824 bits per heavy atom. The molecule has 0 aliphatic carbocycles. The Morgan fingerprint density at radius 2 is 1.53 bits per heavy atom. The first-order valence-corrected chi connectivity index (χ1v) is 11.5. The number of phenols is 1. The van der Waals surface area contributed by atoms with E-state index in [4.69, 9.17) is 9.47 Å². The average molecular weight is 451 g/mol. The molecule has 0 saturated heterocycles. The molecule has 4 aromatic carbocycles. The fourth-order valence-corrected chi connectivity index (χ4v) is 4.60. The maximum Gasteiger partial charge on any atom is 0.310 e. The number of hydrogen-bond donors (Lipinski definition) is 1. The molecule has 0 bridgehead atoms. The van der Waals surface area contributed by atoms with Crippen molar-refractivity contribution in [3.63, 3.8) is 0 Å². The highest BCUT2D eigenvalue weighted by molar-refractivity contribution is 5.72. The summed E-state index contributed by atoms with van der Waals surface area (Å²) in [6.07, 6.45) is 0.230. The van der Waals surface area contributed by atoms with Gasteiger partial charge in [-0.25, -0.2) is 0 Å². The zero-order valence-electron chi connectivity index (χ0n) is 18.8. The molecule has 5 rings (SSSR count). The minimum Gasteiger partial charge on any atom is -0.508 e. The van der Waals surface area contributed by atoms with E-state index in [1.165, 1.54) is 5.56 Å². The van der Waals surface area contributed by atoms with Crippen LogP contribution in [0.4, 0.5) is 0 Å². The van der Waals surface area contributed by atoms with Gasteiger partial charge in [-0.3, -0.25) is 4.79 Å². The SMILES string of the molecule is O=C(Cc1ccc(C2c3ccc(O)cc3OCC2c2ccccc2)cc1)OCc1ccccc1. The van der Waals surface area contributed by atoms with Crippen molar-refractivity contribution in [2.45, 2.75) is 24.9 Å². The lowest BCUT2D eigenvalue weighted by Gasteiger charge is -2.34. The van der Waals surface area contributed by atoms with Gasteiger partial charge in [-0.15, -0.1) is 0 Å². The Hall–Kier alpha value is -4.05. The fourth-order valence-electron chi connectivity index (χ4n) is 4.60. The molecule has 1 N–H and O–H groups in total. The molecule has 1 aliphatic heterocycles. The van der Waals surface area contributed by atoms with Gasteiger partial charge in [0, 0.05) is 23.5 Å². The molecule has 2 unspecified atom stereocenters. The van der Waals surface area contributed by atoms with Crippen LogP contribution >= 0.6 is 0 Å². The Bertz CT molecular complexity index is 1250. The minimum absolute atomic E-state index is 0.0748. The number of ether oxygens (including phenoxy) is 2. The topological polar surface area (TPSA) is 55.8 Å². The number of rotatable bonds is 6. The van der Waals surface area contributed by atoms with Crippen LogP contribution in [0, 0.1) is 0 Å². The van der Waals surface area contributed by atoms with E-state index >= 15 is 0 Å². The minimum atomic E-state index is -0.245. The predicted octanol–water partition coefficient (Wildman–Crippen LogP) is 5.99. The molecule has 0 radical (unpaired) electrons. The van der Waals surface area contributed by atoms with Crippen LogP contribution in [-0.2, 0) is 22.6 Å². The predicted molar refractivity (Wildman–Crippen MR) is 131 cm³/mol. The standard InChI is InChI=1S/C30H26O4/c31-25-15-16-26-28(18-25)33-20-27(23-9-5-2-6-10-23)30(26)24-13-11-21(12-14-24)17-29(32)34-19-22-7-3-1-4-8-22/h1-16,18,27,30-31H,17,19-20H2. The highest BCUT2D eigenvalue weighted by Crippen LogP contribution is 2.46. The Balaban J connectivity index is 1.36. The van der Waals surface area contributed by atoms with E-state index in [1.54, 1.807) is 12.1 Å². The summed E-state index contributed by atoms with van der Waals surface area (Å²) >= 11 is 0. The van der Waals surface area contributed by atoms with Gasteiger partial charge in [0.05, 0.1) is 13.0 Å². The second-order valence-corrected chi connectivity index (χ2v) is 8.59. The smallest absolute Gasteiger partial charge is 0.310 e. The van der Waals surface area contributed by atoms with Gasteiger partial charge in [-0.1, -0.05) is 91.0 Å². The van der Waals surface area contributed by atoms with Crippen LogP contribution in [0.15, 0.2) is 103 Å². The highest BCUT2D eigenvalue weighted by atomic mass is 16.5. The molecule has 4 aromatic rings. The van der Waals surface area contributed by atoms with E-state index in [2.05, 4.69) is 24.3 Å². The van der Waals surface area contributed by atoms with Crippen LogP contribution in [-0.4, -0.2) is 17.7 Å². The summed E-state index contributed by atoms with van der Waals surface area (Å²) in [6, 6.07) is 33.5. The molecule has 2 atom stereocenters. The quantitative estimate of drug-likeness (QED) is 0.367. The van der Waals surface area contributed by atoms with E-state index in [0.717, 1.165) is 22.3 Å². The molecule has 34 heavy (non-hydrogen) atoms. The zero-order chi connectivity index (χ0) is 23.3. The molecular weight excluding hydrogens is 424 g/mol. The molecule has 4 nitrogen and oxygen atoms in total. The van der Waals surface area contributed by atoms with Crippen molar-refractivity contribution in [3.8, 4) is 11.5 Å².